The first kappa shape index (κ1) is 16.1. The van der Waals surface area contributed by atoms with Gasteiger partial charge in [-0.2, -0.15) is 0 Å². The molecule has 1 aromatic carbocycles. The lowest BCUT2D eigenvalue weighted by atomic mass is 9.95. The fourth-order valence-corrected chi connectivity index (χ4v) is 3.26. The fourth-order valence-electron chi connectivity index (χ4n) is 3.26. The molecule has 3 N–H and O–H groups in total. The van der Waals surface area contributed by atoms with E-state index < -0.39 is 0 Å². The summed E-state index contributed by atoms with van der Waals surface area (Å²) in [6.07, 6.45) is 0.353. The summed E-state index contributed by atoms with van der Waals surface area (Å²) in [6, 6.07) is 7.72. The number of benzene rings is 1. The van der Waals surface area contributed by atoms with Crippen LogP contribution in [0.3, 0.4) is 0 Å². The van der Waals surface area contributed by atoms with Crippen molar-refractivity contribution < 1.29 is 9.50 Å². The first-order valence-corrected chi connectivity index (χ1v) is 7.98. The molecule has 1 aliphatic rings. The molecule has 124 valence electrons. The van der Waals surface area contributed by atoms with Crippen molar-refractivity contribution in [1.82, 2.24) is 9.47 Å². The molecule has 0 bridgehead atoms. The largest absolute Gasteiger partial charge is 0.393 e. The van der Waals surface area contributed by atoms with Crippen LogP contribution in [0.25, 0.3) is 10.9 Å². The Morgan fingerprint density at radius 2 is 2.04 bits per heavy atom. The lowest BCUT2D eigenvalue weighted by Gasteiger charge is -2.35. The van der Waals surface area contributed by atoms with E-state index in [0.717, 1.165) is 18.5 Å². The van der Waals surface area contributed by atoms with Crippen LogP contribution in [-0.2, 0) is 6.54 Å². The Kier molecular flexibility index (Phi) is 4.75. The van der Waals surface area contributed by atoms with Gasteiger partial charge in [0.25, 0.3) is 5.56 Å². The minimum atomic E-state index is -0.346. The molecule has 5 nitrogen and oxygen atoms in total. The molecule has 1 saturated heterocycles. The van der Waals surface area contributed by atoms with E-state index >= 15 is 0 Å². The first-order valence-electron chi connectivity index (χ1n) is 7.98. The van der Waals surface area contributed by atoms with Gasteiger partial charge in [-0.3, -0.25) is 4.79 Å². The molecule has 2 heterocycles. The summed E-state index contributed by atoms with van der Waals surface area (Å²) in [5, 5.41) is 10.7. The van der Waals surface area contributed by atoms with Crippen molar-refractivity contribution in [3.63, 3.8) is 0 Å². The van der Waals surface area contributed by atoms with E-state index in [1.54, 1.807) is 16.7 Å². The molecule has 23 heavy (non-hydrogen) atoms. The standard InChI is InChI=1S/C17H22FN3O2/c18-14-3-1-12-2-4-17(23)21(15(12)9-14)8-7-20-6-5-16(22)13(10-19)11-20/h1-4,9,13,16,22H,5-8,10-11,19H2/t13-,16+/m1/s1. The van der Waals surface area contributed by atoms with Gasteiger partial charge in [-0.25, -0.2) is 4.39 Å². The maximum absolute atomic E-state index is 13.5. The molecule has 6 heteroatoms. The van der Waals surface area contributed by atoms with Crippen LogP contribution >= 0.6 is 0 Å². The van der Waals surface area contributed by atoms with E-state index in [-0.39, 0.29) is 23.4 Å². The zero-order chi connectivity index (χ0) is 16.4. The number of aliphatic hydroxyl groups excluding tert-OH is 1. The molecular weight excluding hydrogens is 297 g/mol. The summed E-state index contributed by atoms with van der Waals surface area (Å²) in [5.74, 6) is -0.272. The second-order valence-electron chi connectivity index (χ2n) is 6.18. The first-order chi connectivity index (χ1) is 11.1. The fraction of sp³-hybridized carbons (Fsp3) is 0.471. The number of likely N-dealkylation sites (tertiary alicyclic amines) is 1. The predicted molar refractivity (Wildman–Crippen MR) is 87.8 cm³/mol. The number of halogens is 1. The molecule has 1 aromatic heterocycles. The quantitative estimate of drug-likeness (QED) is 0.874. The Bertz CT molecular complexity index is 746. The SMILES string of the molecule is NC[C@@H]1CN(CCn2c(=O)ccc3ccc(F)cc32)CC[C@@H]1O. The van der Waals surface area contributed by atoms with Crippen molar-refractivity contribution >= 4 is 10.9 Å². The molecule has 3 rings (SSSR count). The highest BCUT2D eigenvalue weighted by Crippen LogP contribution is 2.17. The lowest BCUT2D eigenvalue weighted by Crippen LogP contribution is -2.47. The van der Waals surface area contributed by atoms with Gasteiger partial charge in [0.05, 0.1) is 11.6 Å². The zero-order valence-electron chi connectivity index (χ0n) is 13.0. The Morgan fingerprint density at radius 1 is 1.26 bits per heavy atom. The highest BCUT2D eigenvalue weighted by atomic mass is 19.1. The number of hydrogen-bond acceptors (Lipinski definition) is 4. The lowest BCUT2D eigenvalue weighted by molar-refractivity contribution is 0.0296. The minimum Gasteiger partial charge on any atom is -0.393 e. The van der Waals surface area contributed by atoms with Crippen LogP contribution in [0.2, 0.25) is 0 Å². The Balaban J connectivity index is 1.78. The molecule has 0 unspecified atom stereocenters. The highest BCUT2D eigenvalue weighted by Gasteiger charge is 2.26. The summed E-state index contributed by atoms with van der Waals surface area (Å²) in [5.41, 5.74) is 6.18. The molecule has 2 aromatic rings. The molecule has 1 fully saturated rings. The van der Waals surface area contributed by atoms with Crippen molar-refractivity contribution in [3.05, 3.63) is 46.5 Å². The summed E-state index contributed by atoms with van der Waals surface area (Å²) >= 11 is 0. The van der Waals surface area contributed by atoms with Crippen LogP contribution in [0, 0.1) is 11.7 Å². The maximum atomic E-state index is 13.5. The average Bonchev–Trinajstić information content (AvgIpc) is 2.55. The van der Waals surface area contributed by atoms with Crippen LogP contribution in [-0.4, -0.2) is 46.9 Å². The van der Waals surface area contributed by atoms with Gasteiger partial charge in [0, 0.05) is 38.2 Å². The highest BCUT2D eigenvalue weighted by molar-refractivity contribution is 5.78. The summed E-state index contributed by atoms with van der Waals surface area (Å²) < 4.78 is 15.1. The van der Waals surface area contributed by atoms with Gasteiger partial charge >= 0.3 is 0 Å². The van der Waals surface area contributed by atoms with E-state index in [2.05, 4.69) is 4.90 Å². The summed E-state index contributed by atoms with van der Waals surface area (Å²) in [6.45, 7) is 3.14. The van der Waals surface area contributed by atoms with Gasteiger partial charge in [0.15, 0.2) is 0 Å². The van der Waals surface area contributed by atoms with E-state index in [9.17, 15) is 14.3 Å². The maximum Gasteiger partial charge on any atom is 0.251 e. The van der Waals surface area contributed by atoms with Crippen molar-refractivity contribution in [2.75, 3.05) is 26.2 Å². The van der Waals surface area contributed by atoms with Crippen LogP contribution in [0.15, 0.2) is 35.1 Å². The van der Waals surface area contributed by atoms with Gasteiger partial charge in [-0.1, -0.05) is 0 Å². The van der Waals surface area contributed by atoms with E-state index in [4.69, 9.17) is 5.73 Å². The average molecular weight is 319 g/mol. The molecule has 0 amide bonds. The van der Waals surface area contributed by atoms with E-state index in [1.807, 2.05) is 0 Å². The number of piperidine rings is 1. The summed E-state index contributed by atoms with van der Waals surface area (Å²) in [7, 11) is 0. The Morgan fingerprint density at radius 3 is 2.83 bits per heavy atom. The second-order valence-corrected chi connectivity index (χ2v) is 6.18. The number of aliphatic hydroxyl groups is 1. The van der Waals surface area contributed by atoms with Crippen molar-refractivity contribution in [3.8, 4) is 0 Å². The smallest absolute Gasteiger partial charge is 0.251 e. The number of fused-ring (bicyclic) bond motifs is 1. The molecule has 2 atom stereocenters. The van der Waals surface area contributed by atoms with Crippen LogP contribution in [0.4, 0.5) is 4.39 Å². The topological polar surface area (TPSA) is 71.5 Å². The van der Waals surface area contributed by atoms with Gasteiger partial charge in [0.1, 0.15) is 5.82 Å². The number of nitrogens with two attached hydrogens (primary N) is 1. The number of pyridine rings is 1. The molecule has 0 saturated carbocycles. The molecular formula is C17H22FN3O2. The van der Waals surface area contributed by atoms with E-state index in [1.165, 1.54) is 18.2 Å². The van der Waals surface area contributed by atoms with Crippen LogP contribution in [0.5, 0.6) is 0 Å². The molecule has 0 spiro atoms. The Hall–Kier alpha value is -1.76. The monoisotopic (exact) mass is 319 g/mol. The molecule has 0 aliphatic carbocycles. The number of rotatable bonds is 4. The van der Waals surface area contributed by atoms with Crippen molar-refractivity contribution in [2.45, 2.75) is 19.1 Å². The van der Waals surface area contributed by atoms with Gasteiger partial charge in [0.2, 0.25) is 0 Å². The Labute approximate surface area is 134 Å². The van der Waals surface area contributed by atoms with Crippen molar-refractivity contribution in [2.24, 2.45) is 11.7 Å². The van der Waals surface area contributed by atoms with Gasteiger partial charge in [-0.05, 0) is 42.6 Å². The number of aromatic nitrogens is 1. The second kappa shape index (κ2) is 6.78. The van der Waals surface area contributed by atoms with Crippen molar-refractivity contribution in [1.29, 1.82) is 0 Å². The predicted octanol–water partition coefficient (Wildman–Crippen LogP) is 0.782. The normalized spacial score (nSPS) is 22.6. The van der Waals surface area contributed by atoms with E-state index in [0.29, 0.717) is 31.6 Å². The number of hydrogen-bond donors (Lipinski definition) is 2. The minimum absolute atomic E-state index is 0.0745. The zero-order valence-corrected chi connectivity index (χ0v) is 13.0. The third kappa shape index (κ3) is 3.44. The van der Waals surface area contributed by atoms with Crippen LogP contribution in [0.1, 0.15) is 6.42 Å². The third-order valence-electron chi connectivity index (χ3n) is 4.68. The van der Waals surface area contributed by atoms with Gasteiger partial charge < -0.3 is 20.3 Å². The van der Waals surface area contributed by atoms with Gasteiger partial charge in [-0.15, -0.1) is 0 Å². The molecule has 1 aliphatic heterocycles. The van der Waals surface area contributed by atoms with Crippen LogP contribution < -0.4 is 11.3 Å². The number of nitrogens with zero attached hydrogens (tertiary/aromatic N) is 2. The summed E-state index contributed by atoms with van der Waals surface area (Å²) in [4.78, 5) is 14.4. The molecule has 0 radical (unpaired) electrons. The third-order valence-corrected chi connectivity index (χ3v) is 4.68.